The van der Waals surface area contributed by atoms with Gasteiger partial charge >= 0.3 is 13.1 Å². The largest absolute Gasteiger partial charge is 0.495 e. The van der Waals surface area contributed by atoms with E-state index in [4.69, 9.17) is 30.4 Å². The van der Waals surface area contributed by atoms with Crippen LogP contribution in [-0.4, -0.2) is 42.8 Å². The Morgan fingerprint density at radius 3 is 2.59 bits per heavy atom. The third-order valence-electron chi connectivity index (χ3n) is 7.67. The van der Waals surface area contributed by atoms with Crippen molar-refractivity contribution < 1.29 is 28.0 Å². The molecule has 8 heteroatoms. The van der Waals surface area contributed by atoms with Gasteiger partial charge in [-0.15, -0.1) is 11.6 Å². The van der Waals surface area contributed by atoms with Crippen molar-refractivity contribution in [1.82, 2.24) is 0 Å². The lowest BCUT2D eigenvalue weighted by molar-refractivity contribution is -0.199. The van der Waals surface area contributed by atoms with E-state index in [1.807, 2.05) is 0 Å². The maximum atomic E-state index is 14.6. The highest BCUT2D eigenvalue weighted by Gasteiger charge is 2.68. The first kappa shape index (κ1) is 23.8. The van der Waals surface area contributed by atoms with Gasteiger partial charge in [-0.1, -0.05) is 19.9 Å². The van der Waals surface area contributed by atoms with Crippen LogP contribution in [0.5, 0.6) is 5.75 Å². The molecule has 1 heterocycles. The van der Waals surface area contributed by atoms with Gasteiger partial charge in [-0.25, -0.2) is 9.18 Å². The number of carbonyl (C=O) groups is 1. The Hall–Kier alpha value is -1.31. The van der Waals surface area contributed by atoms with Crippen molar-refractivity contribution in [3.8, 4) is 5.75 Å². The van der Waals surface area contributed by atoms with Gasteiger partial charge in [0.05, 0.1) is 24.1 Å². The Bertz CT molecular complexity index is 916. The quantitative estimate of drug-likeness (QED) is 0.339. The number of carbonyl (C=O) groups excluding carboxylic acids is 1. The number of halogens is 2. The number of alkyl halides is 1. The summed E-state index contributed by atoms with van der Waals surface area (Å²) < 4.78 is 38.1. The summed E-state index contributed by atoms with van der Waals surface area (Å²) in [5.41, 5.74) is -0.490. The molecule has 3 aliphatic carbocycles. The number of ether oxygens (including phenoxy) is 2. The second kappa shape index (κ2) is 7.88. The van der Waals surface area contributed by atoms with Crippen LogP contribution in [0.15, 0.2) is 12.1 Å². The number of benzene rings is 1. The lowest BCUT2D eigenvalue weighted by Gasteiger charge is -2.64. The molecular formula is C24H33BClFO5. The maximum Gasteiger partial charge on any atom is 0.477 e. The Labute approximate surface area is 195 Å². The van der Waals surface area contributed by atoms with Gasteiger partial charge in [-0.05, 0) is 75.8 Å². The minimum Gasteiger partial charge on any atom is -0.495 e. The van der Waals surface area contributed by atoms with E-state index in [0.717, 1.165) is 12.8 Å². The van der Waals surface area contributed by atoms with Crippen LogP contribution < -0.4 is 4.74 Å². The summed E-state index contributed by atoms with van der Waals surface area (Å²) in [5.74, 6) is -0.245. The first-order valence-corrected chi connectivity index (χ1v) is 11.8. The molecule has 0 aromatic heterocycles. The topological polar surface area (TPSA) is 54.0 Å². The number of hydrogen-bond donors (Lipinski definition) is 0. The molecule has 0 spiro atoms. The highest BCUT2D eigenvalue weighted by molar-refractivity contribution is 6.60. The number of rotatable bonds is 5. The van der Waals surface area contributed by atoms with E-state index >= 15 is 0 Å². The van der Waals surface area contributed by atoms with Crippen molar-refractivity contribution in [2.75, 3.05) is 7.11 Å². The summed E-state index contributed by atoms with van der Waals surface area (Å²) in [7, 11) is 0.824. The minimum absolute atomic E-state index is 0.0259. The van der Waals surface area contributed by atoms with Crippen LogP contribution >= 0.6 is 11.6 Å². The number of hydrogen-bond acceptors (Lipinski definition) is 5. The lowest BCUT2D eigenvalue weighted by Crippen LogP contribution is -2.65. The van der Waals surface area contributed by atoms with Crippen molar-refractivity contribution in [2.24, 2.45) is 17.3 Å². The molecule has 3 saturated carbocycles. The molecule has 2 bridgehead atoms. The van der Waals surface area contributed by atoms with Crippen LogP contribution in [-0.2, 0) is 20.5 Å². The fourth-order valence-electron chi connectivity index (χ4n) is 5.87. The van der Waals surface area contributed by atoms with Gasteiger partial charge in [0, 0.05) is 0 Å². The molecule has 1 aliphatic heterocycles. The SMILES string of the molecule is COc1c(C[C@@H](Cl)B2O[C@@H]3C[C@@H]4C[C@@H](C4(C)C)[C@]3(C)O2)ccc(F)c1C(=O)OC(C)(C)C. The average molecular weight is 467 g/mol. The number of esters is 1. The van der Waals surface area contributed by atoms with Crippen LogP contribution in [0.3, 0.4) is 0 Å². The smallest absolute Gasteiger partial charge is 0.477 e. The van der Waals surface area contributed by atoms with Gasteiger partial charge in [0.15, 0.2) is 0 Å². The van der Waals surface area contributed by atoms with E-state index in [-0.39, 0.29) is 28.4 Å². The summed E-state index contributed by atoms with van der Waals surface area (Å²) in [6.45, 7) is 12.0. The first-order chi connectivity index (χ1) is 14.8. The van der Waals surface area contributed by atoms with E-state index in [1.54, 1.807) is 26.8 Å². The molecule has 32 heavy (non-hydrogen) atoms. The standard InChI is InChI=1S/C24H33BClFO5/c1-22(2,3)30-21(28)19-15(27)9-8-13(20(19)29-7)10-18(26)25-31-17-12-14-11-16(23(14,4)5)24(17,6)32-25/h8-9,14,16-18H,10-12H2,1-7H3/t14-,16-,17+,18+,24-/m0/s1. The van der Waals surface area contributed by atoms with Crippen LogP contribution in [0.4, 0.5) is 4.39 Å². The van der Waals surface area contributed by atoms with E-state index in [1.165, 1.54) is 13.2 Å². The Morgan fingerprint density at radius 1 is 1.31 bits per heavy atom. The van der Waals surface area contributed by atoms with Crippen LogP contribution in [0.25, 0.3) is 0 Å². The zero-order valence-electron chi connectivity index (χ0n) is 20.0. The third-order valence-corrected chi connectivity index (χ3v) is 8.03. The Kier molecular flexibility index (Phi) is 5.87. The summed E-state index contributed by atoms with van der Waals surface area (Å²) >= 11 is 6.77. The van der Waals surface area contributed by atoms with Gasteiger partial charge in [0.2, 0.25) is 0 Å². The van der Waals surface area contributed by atoms with Crippen LogP contribution in [0, 0.1) is 23.1 Å². The van der Waals surface area contributed by atoms with E-state index in [2.05, 4.69) is 20.8 Å². The molecule has 176 valence electrons. The Morgan fingerprint density at radius 2 is 2.00 bits per heavy atom. The van der Waals surface area contributed by atoms with Crippen molar-refractivity contribution in [1.29, 1.82) is 0 Å². The van der Waals surface area contributed by atoms with E-state index < -0.39 is 29.8 Å². The molecule has 0 unspecified atom stereocenters. The van der Waals surface area contributed by atoms with Gasteiger partial charge in [0.1, 0.15) is 22.7 Å². The number of methoxy groups -OCH3 is 1. The molecule has 5 nitrogen and oxygen atoms in total. The van der Waals surface area contributed by atoms with Crippen LogP contribution in [0.1, 0.15) is 70.3 Å². The minimum atomic E-state index is -0.770. The summed E-state index contributed by atoms with van der Waals surface area (Å²) in [6, 6.07) is 2.83. The molecule has 1 aromatic rings. The maximum absolute atomic E-state index is 14.6. The normalized spacial score (nSPS) is 31.5. The second-order valence-corrected chi connectivity index (χ2v) is 11.7. The van der Waals surface area contributed by atoms with Crippen molar-refractivity contribution in [3.05, 3.63) is 29.1 Å². The molecule has 5 rings (SSSR count). The fourth-order valence-corrected chi connectivity index (χ4v) is 6.15. The van der Waals surface area contributed by atoms with E-state index in [9.17, 15) is 9.18 Å². The van der Waals surface area contributed by atoms with E-state index in [0.29, 0.717) is 23.8 Å². The van der Waals surface area contributed by atoms with Crippen molar-refractivity contribution >= 4 is 24.7 Å². The zero-order chi connectivity index (χ0) is 23.6. The predicted octanol–water partition coefficient (Wildman–Crippen LogP) is 5.21. The predicted molar refractivity (Wildman–Crippen MR) is 122 cm³/mol. The molecule has 5 atom stereocenters. The molecule has 0 N–H and O–H groups in total. The first-order valence-electron chi connectivity index (χ1n) is 11.3. The molecule has 0 radical (unpaired) electrons. The highest BCUT2D eigenvalue weighted by Crippen LogP contribution is 2.65. The summed E-state index contributed by atoms with van der Waals surface area (Å²) in [5, 5.41) is -0.524. The molecule has 4 fully saturated rings. The second-order valence-electron chi connectivity index (χ2n) is 11.2. The van der Waals surface area contributed by atoms with Crippen molar-refractivity contribution in [2.45, 2.75) is 83.4 Å². The molecule has 1 saturated heterocycles. The van der Waals surface area contributed by atoms with Crippen molar-refractivity contribution in [3.63, 3.8) is 0 Å². The highest BCUT2D eigenvalue weighted by atomic mass is 35.5. The lowest BCUT2D eigenvalue weighted by atomic mass is 9.43. The molecule has 0 amide bonds. The monoisotopic (exact) mass is 466 g/mol. The Balaban J connectivity index is 1.54. The summed E-state index contributed by atoms with van der Waals surface area (Å²) in [4.78, 5) is 12.6. The average Bonchev–Trinajstić information content (AvgIpc) is 3.04. The van der Waals surface area contributed by atoms with Crippen LogP contribution in [0.2, 0.25) is 0 Å². The molecule has 4 aliphatic rings. The summed E-state index contributed by atoms with van der Waals surface area (Å²) in [6.07, 6.45) is 2.46. The van der Waals surface area contributed by atoms with Gasteiger partial charge in [-0.3, -0.25) is 0 Å². The van der Waals surface area contributed by atoms with Gasteiger partial charge < -0.3 is 18.8 Å². The fraction of sp³-hybridized carbons (Fsp3) is 0.708. The van der Waals surface area contributed by atoms with Gasteiger partial charge in [0.25, 0.3) is 0 Å². The molecule has 1 aromatic carbocycles. The van der Waals surface area contributed by atoms with Gasteiger partial charge in [-0.2, -0.15) is 0 Å². The zero-order valence-corrected chi connectivity index (χ0v) is 20.7. The molecular weight excluding hydrogens is 434 g/mol. The third kappa shape index (κ3) is 3.84.